The SMILES string of the molecule is C=COC(=O)C(C)=CCC[As](C)C. The first-order valence-corrected chi connectivity index (χ1v) is 9.29. The van der Waals surface area contributed by atoms with E-state index in [1.165, 1.54) is 5.21 Å². The average Bonchev–Trinajstić information content (AvgIpc) is 2.04. The summed E-state index contributed by atoms with van der Waals surface area (Å²) in [5.74, 6) is -0.291. The fourth-order valence-corrected chi connectivity index (χ4v) is 2.15. The molecule has 0 saturated heterocycles. The van der Waals surface area contributed by atoms with Crippen LogP contribution in [0.15, 0.2) is 24.5 Å². The minimum absolute atomic E-state index is 0.291. The Labute approximate surface area is 84.9 Å². The van der Waals surface area contributed by atoms with E-state index in [9.17, 15) is 4.79 Å². The Morgan fingerprint density at radius 2 is 2.15 bits per heavy atom. The van der Waals surface area contributed by atoms with Crippen molar-refractivity contribution in [3.63, 3.8) is 0 Å². The van der Waals surface area contributed by atoms with Crippen molar-refractivity contribution >= 4 is 20.6 Å². The van der Waals surface area contributed by atoms with Crippen molar-refractivity contribution < 1.29 is 9.53 Å². The average molecular weight is 244 g/mol. The van der Waals surface area contributed by atoms with Crippen LogP contribution in [0.25, 0.3) is 0 Å². The molecule has 2 nitrogen and oxygen atoms in total. The molecule has 0 atom stereocenters. The number of hydrogen-bond acceptors (Lipinski definition) is 2. The van der Waals surface area contributed by atoms with E-state index in [2.05, 4.69) is 22.7 Å². The molecule has 0 amide bonds. The first-order chi connectivity index (χ1) is 6.07. The summed E-state index contributed by atoms with van der Waals surface area (Å²) in [6.45, 7) is 5.10. The first kappa shape index (κ1) is 12.5. The molecule has 3 heteroatoms. The van der Waals surface area contributed by atoms with Crippen molar-refractivity contribution in [2.45, 2.75) is 30.0 Å². The van der Waals surface area contributed by atoms with Gasteiger partial charge in [-0.3, -0.25) is 0 Å². The van der Waals surface area contributed by atoms with Gasteiger partial charge in [0.1, 0.15) is 0 Å². The molecule has 0 rings (SSSR count). The molecule has 0 bridgehead atoms. The Balaban J connectivity index is 3.86. The third kappa shape index (κ3) is 6.65. The standard InChI is InChI=1S/C10H17AsO2/c1-5-13-10(12)9(2)7-6-8-11(3)4/h5,7H,1,6,8H2,2-4H3. The maximum atomic E-state index is 11.1. The van der Waals surface area contributed by atoms with Crippen LogP contribution in [-0.4, -0.2) is 20.6 Å². The van der Waals surface area contributed by atoms with Gasteiger partial charge in [-0.25, -0.2) is 0 Å². The van der Waals surface area contributed by atoms with Crippen LogP contribution in [0.2, 0.25) is 16.6 Å². The number of ether oxygens (including phenoxy) is 1. The van der Waals surface area contributed by atoms with Crippen LogP contribution in [-0.2, 0) is 9.53 Å². The van der Waals surface area contributed by atoms with Crippen LogP contribution in [0.1, 0.15) is 13.3 Å². The van der Waals surface area contributed by atoms with Gasteiger partial charge in [-0.15, -0.1) is 0 Å². The van der Waals surface area contributed by atoms with Crippen LogP contribution < -0.4 is 0 Å². The zero-order valence-corrected chi connectivity index (χ0v) is 10.4. The summed E-state index contributed by atoms with van der Waals surface area (Å²) in [7, 11) is 0. The molecule has 0 unspecified atom stereocenters. The van der Waals surface area contributed by atoms with E-state index < -0.39 is 14.7 Å². The molecule has 74 valence electrons. The van der Waals surface area contributed by atoms with Crippen molar-refractivity contribution in [3.05, 3.63) is 24.5 Å². The molecule has 0 aromatic heterocycles. The molecule has 0 radical (unpaired) electrons. The minimum atomic E-state index is -0.552. The van der Waals surface area contributed by atoms with E-state index in [4.69, 9.17) is 0 Å². The predicted octanol–water partition coefficient (Wildman–Crippen LogP) is 2.76. The van der Waals surface area contributed by atoms with E-state index in [-0.39, 0.29) is 5.97 Å². The summed E-state index contributed by atoms with van der Waals surface area (Å²) in [6.07, 6.45) is 4.10. The molecule has 0 aromatic carbocycles. The van der Waals surface area contributed by atoms with E-state index in [1.807, 2.05) is 6.08 Å². The van der Waals surface area contributed by atoms with Crippen molar-refractivity contribution in [1.82, 2.24) is 0 Å². The molecule has 0 aliphatic rings. The summed E-state index contributed by atoms with van der Waals surface area (Å²) in [5, 5.41) is 1.24. The van der Waals surface area contributed by atoms with Gasteiger partial charge in [-0.1, -0.05) is 0 Å². The monoisotopic (exact) mass is 244 g/mol. The van der Waals surface area contributed by atoms with Crippen molar-refractivity contribution in [2.24, 2.45) is 0 Å². The predicted molar refractivity (Wildman–Crippen MR) is 57.0 cm³/mol. The Morgan fingerprint density at radius 3 is 2.62 bits per heavy atom. The molecule has 0 heterocycles. The van der Waals surface area contributed by atoms with E-state index in [1.54, 1.807) is 6.92 Å². The molecule has 0 spiro atoms. The molecule has 0 aliphatic heterocycles. The molecule has 0 aromatic rings. The molecule has 0 N–H and O–H groups in total. The first-order valence-electron chi connectivity index (χ1n) is 4.21. The number of carbonyl (C=O) groups is 1. The third-order valence-corrected chi connectivity index (χ3v) is 3.96. The zero-order chi connectivity index (χ0) is 10.3. The van der Waals surface area contributed by atoms with Crippen LogP contribution >= 0.6 is 0 Å². The Bertz CT molecular complexity index is 207. The van der Waals surface area contributed by atoms with Gasteiger partial charge in [0, 0.05) is 0 Å². The van der Waals surface area contributed by atoms with Gasteiger partial charge in [0.2, 0.25) is 0 Å². The summed E-state index contributed by atoms with van der Waals surface area (Å²) in [4.78, 5) is 11.1. The summed E-state index contributed by atoms with van der Waals surface area (Å²) >= 11 is -0.552. The summed E-state index contributed by atoms with van der Waals surface area (Å²) < 4.78 is 4.63. The number of carbonyl (C=O) groups excluding carboxylic acids is 1. The summed E-state index contributed by atoms with van der Waals surface area (Å²) in [5.41, 5.74) is 5.28. The van der Waals surface area contributed by atoms with Crippen LogP contribution in [0.3, 0.4) is 0 Å². The second-order valence-electron chi connectivity index (χ2n) is 3.05. The van der Waals surface area contributed by atoms with Crippen molar-refractivity contribution in [1.29, 1.82) is 0 Å². The molecular weight excluding hydrogens is 227 g/mol. The second kappa shape index (κ2) is 6.96. The molecule has 0 saturated carbocycles. The fraction of sp³-hybridized carbons (Fsp3) is 0.500. The Morgan fingerprint density at radius 1 is 1.54 bits per heavy atom. The van der Waals surface area contributed by atoms with Gasteiger partial charge in [-0.2, -0.15) is 0 Å². The van der Waals surface area contributed by atoms with Crippen LogP contribution in [0.5, 0.6) is 0 Å². The molecule has 0 fully saturated rings. The maximum absolute atomic E-state index is 11.1. The normalized spacial score (nSPS) is 11.5. The van der Waals surface area contributed by atoms with Gasteiger partial charge in [0.25, 0.3) is 0 Å². The summed E-state index contributed by atoms with van der Waals surface area (Å²) in [6, 6.07) is 0. The van der Waals surface area contributed by atoms with Gasteiger partial charge >= 0.3 is 84.6 Å². The molecular formula is C10H17AsO2. The van der Waals surface area contributed by atoms with Crippen LogP contribution in [0, 0.1) is 0 Å². The quantitative estimate of drug-likeness (QED) is 0.321. The Kier molecular flexibility index (Phi) is 6.70. The van der Waals surface area contributed by atoms with Gasteiger partial charge in [0.15, 0.2) is 0 Å². The van der Waals surface area contributed by atoms with Crippen LogP contribution in [0.4, 0.5) is 0 Å². The van der Waals surface area contributed by atoms with Crippen molar-refractivity contribution in [3.8, 4) is 0 Å². The topological polar surface area (TPSA) is 26.3 Å². The zero-order valence-electron chi connectivity index (χ0n) is 8.54. The Hall–Kier alpha value is -0.492. The van der Waals surface area contributed by atoms with E-state index >= 15 is 0 Å². The van der Waals surface area contributed by atoms with Gasteiger partial charge < -0.3 is 0 Å². The molecule has 13 heavy (non-hydrogen) atoms. The number of hydrogen-bond donors (Lipinski definition) is 0. The second-order valence-corrected chi connectivity index (χ2v) is 8.52. The number of rotatable bonds is 5. The van der Waals surface area contributed by atoms with E-state index in [0.717, 1.165) is 12.7 Å². The van der Waals surface area contributed by atoms with E-state index in [0.29, 0.717) is 5.57 Å². The molecule has 0 aliphatic carbocycles. The van der Waals surface area contributed by atoms with Gasteiger partial charge in [-0.05, 0) is 0 Å². The number of allylic oxidation sites excluding steroid dienone is 1. The van der Waals surface area contributed by atoms with Gasteiger partial charge in [0.05, 0.1) is 0 Å². The number of esters is 1. The third-order valence-electron chi connectivity index (χ3n) is 1.54. The fourth-order valence-electron chi connectivity index (χ4n) is 0.791. The van der Waals surface area contributed by atoms with Crippen molar-refractivity contribution in [2.75, 3.05) is 0 Å².